The lowest BCUT2D eigenvalue weighted by atomic mass is 10.1. The highest BCUT2D eigenvalue weighted by atomic mass is 32.3. The minimum absolute atomic E-state index is 0.0348. The number of anilines is 1. The predicted octanol–water partition coefficient (Wildman–Crippen LogP) is 3.52. The normalized spacial score (nSPS) is 17.1. The number of benzene rings is 1. The Bertz CT molecular complexity index is 1040. The zero-order valence-corrected chi connectivity index (χ0v) is 18.8. The molecule has 1 aliphatic heterocycles. The average molecular weight is 443 g/mol. The fourth-order valence-electron chi connectivity index (χ4n) is 3.37. The minimum atomic E-state index is -3.71. The van der Waals surface area contributed by atoms with Crippen molar-refractivity contribution in [2.24, 2.45) is 0 Å². The highest BCUT2D eigenvalue weighted by molar-refractivity contribution is 7.95. The molecule has 0 bridgehead atoms. The van der Waals surface area contributed by atoms with E-state index in [1.54, 1.807) is 6.92 Å². The number of piperidine rings is 1. The zero-order chi connectivity index (χ0) is 20.5. The van der Waals surface area contributed by atoms with Gasteiger partial charge in [0.2, 0.25) is 0 Å². The van der Waals surface area contributed by atoms with Gasteiger partial charge in [-0.2, -0.15) is 0 Å². The first-order valence-electron chi connectivity index (χ1n) is 9.26. The van der Waals surface area contributed by atoms with E-state index in [0.717, 1.165) is 52.8 Å². The second-order valence-electron chi connectivity index (χ2n) is 7.15. The first-order chi connectivity index (χ1) is 13.2. The van der Waals surface area contributed by atoms with Crippen molar-refractivity contribution in [3.05, 3.63) is 42.0 Å². The first-order valence-corrected chi connectivity index (χ1v) is 13.1. The van der Waals surface area contributed by atoms with Crippen LogP contribution in [0.1, 0.15) is 37.0 Å². The van der Waals surface area contributed by atoms with E-state index < -0.39 is 25.1 Å². The molecule has 3 rings (SSSR count). The van der Waals surface area contributed by atoms with Crippen LogP contribution in [-0.4, -0.2) is 48.3 Å². The van der Waals surface area contributed by atoms with Crippen molar-refractivity contribution < 1.29 is 16.8 Å². The Kier molecular flexibility index (Phi) is 6.19. The van der Waals surface area contributed by atoms with Gasteiger partial charge in [-0.1, -0.05) is 18.2 Å². The summed E-state index contributed by atoms with van der Waals surface area (Å²) in [5, 5.41) is -0.765. The molecule has 0 amide bonds. The van der Waals surface area contributed by atoms with Gasteiger partial charge in [0, 0.05) is 32.9 Å². The topological polar surface area (TPSA) is 74.8 Å². The standard InChI is InChI=1S/C19H26N2O4S3/c1-15(16-9-5-6-10-17(16)21-13-7-4-8-14-21)27(22,23)18-11-12-19(26-18)28(24,25)20(2)3/h5-6,9-12,15H,4,7-8,13-14H2,1-3H3. The molecule has 1 aromatic carbocycles. The minimum Gasteiger partial charge on any atom is -0.371 e. The molecule has 1 aliphatic rings. The van der Waals surface area contributed by atoms with Crippen LogP contribution >= 0.6 is 11.3 Å². The number of hydrogen-bond acceptors (Lipinski definition) is 6. The van der Waals surface area contributed by atoms with Gasteiger partial charge in [-0.3, -0.25) is 0 Å². The van der Waals surface area contributed by atoms with Crippen molar-refractivity contribution in [1.82, 2.24) is 4.31 Å². The van der Waals surface area contributed by atoms with Crippen LogP contribution in [-0.2, 0) is 19.9 Å². The van der Waals surface area contributed by atoms with Gasteiger partial charge in [-0.15, -0.1) is 11.3 Å². The van der Waals surface area contributed by atoms with Crippen LogP contribution in [0.25, 0.3) is 0 Å². The van der Waals surface area contributed by atoms with Crippen molar-refractivity contribution in [2.75, 3.05) is 32.1 Å². The molecule has 6 nitrogen and oxygen atoms in total. The molecule has 0 spiro atoms. The lowest BCUT2D eigenvalue weighted by Gasteiger charge is -2.31. The number of thiophene rings is 1. The largest absolute Gasteiger partial charge is 0.371 e. The summed E-state index contributed by atoms with van der Waals surface area (Å²) in [7, 11) is -4.50. The number of hydrogen-bond donors (Lipinski definition) is 0. The molecule has 1 aromatic heterocycles. The summed E-state index contributed by atoms with van der Waals surface area (Å²) >= 11 is 0.808. The quantitative estimate of drug-likeness (QED) is 0.684. The van der Waals surface area contributed by atoms with Crippen LogP contribution in [0, 0.1) is 0 Å². The van der Waals surface area contributed by atoms with Gasteiger partial charge in [0.1, 0.15) is 8.42 Å². The summed E-state index contributed by atoms with van der Waals surface area (Å²) in [6.07, 6.45) is 3.41. The Balaban J connectivity index is 1.97. The van der Waals surface area contributed by atoms with Crippen LogP contribution in [0.3, 0.4) is 0 Å². The van der Waals surface area contributed by atoms with E-state index in [4.69, 9.17) is 0 Å². The molecule has 1 fully saturated rings. The molecule has 1 unspecified atom stereocenters. The van der Waals surface area contributed by atoms with Gasteiger partial charge in [0.05, 0.1) is 5.25 Å². The van der Waals surface area contributed by atoms with Gasteiger partial charge in [0.15, 0.2) is 9.84 Å². The van der Waals surface area contributed by atoms with Gasteiger partial charge < -0.3 is 4.90 Å². The fraction of sp³-hybridized carbons (Fsp3) is 0.474. The Morgan fingerprint density at radius 1 is 0.929 bits per heavy atom. The second kappa shape index (κ2) is 8.14. The van der Waals surface area contributed by atoms with Gasteiger partial charge in [0.25, 0.3) is 10.0 Å². The van der Waals surface area contributed by atoms with Crippen molar-refractivity contribution in [1.29, 1.82) is 0 Å². The SMILES string of the molecule is CC(c1ccccc1N1CCCCC1)S(=O)(=O)c1ccc(S(=O)(=O)N(C)C)s1. The maximum Gasteiger partial charge on any atom is 0.252 e. The molecule has 2 aromatic rings. The molecule has 2 heterocycles. The highest BCUT2D eigenvalue weighted by Crippen LogP contribution is 2.38. The third-order valence-electron chi connectivity index (χ3n) is 5.11. The Labute approximate surface area is 171 Å². The number of sulfone groups is 1. The summed E-state index contributed by atoms with van der Waals surface area (Å²) in [6.45, 7) is 3.53. The van der Waals surface area contributed by atoms with E-state index >= 15 is 0 Å². The number of sulfonamides is 1. The summed E-state index contributed by atoms with van der Waals surface area (Å²) in [5.41, 5.74) is 1.71. The van der Waals surface area contributed by atoms with Crippen molar-refractivity contribution in [3.8, 4) is 0 Å². The first kappa shape index (κ1) is 21.3. The second-order valence-corrected chi connectivity index (χ2v) is 13.1. The van der Waals surface area contributed by atoms with E-state index in [0.29, 0.717) is 0 Å². The van der Waals surface area contributed by atoms with Crippen LogP contribution in [0.2, 0.25) is 0 Å². The zero-order valence-electron chi connectivity index (χ0n) is 16.3. The van der Waals surface area contributed by atoms with Crippen LogP contribution < -0.4 is 4.90 Å². The molecule has 0 radical (unpaired) electrons. The van der Waals surface area contributed by atoms with E-state index in [-0.39, 0.29) is 8.42 Å². The summed E-state index contributed by atoms with van der Waals surface area (Å²) in [4.78, 5) is 2.25. The molecule has 0 N–H and O–H groups in total. The summed E-state index contributed by atoms with van der Waals surface area (Å²) in [6, 6.07) is 10.4. The monoisotopic (exact) mass is 442 g/mol. The Morgan fingerprint density at radius 3 is 2.18 bits per heavy atom. The Morgan fingerprint density at radius 2 is 1.54 bits per heavy atom. The van der Waals surface area contributed by atoms with Crippen LogP contribution in [0.5, 0.6) is 0 Å². The van der Waals surface area contributed by atoms with Crippen molar-refractivity contribution >= 4 is 36.9 Å². The molecule has 154 valence electrons. The van der Waals surface area contributed by atoms with Gasteiger partial charge in [-0.05, 0) is 49.9 Å². The highest BCUT2D eigenvalue weighted by Gasteiger charge is 2.31. The molecule has 0 saturated carbocycles. The summed E-state index contributed by atoms with van der Waals surface area (Å²) < 4.78 is 52.3. The van der Waals surface area contributed by atoms with E-state index in [1.165, 1.54) is 32.6 Å². The van der Waals surface area contributed by atoms with E-state index in [1.807, 2.05) is 24.3 Å². The third kappa shape index (κ3) is 3.98. The predicted molar refractivity (Wildman–Crippen MR) is 113 cm³/mol. The number of nitrogens with zero attached hydrogens (tertiary/aromatic N) is 2. The van der Waals surface area contributed by atoms with Gasteiger partial charge >= 0.3 is 0 Å². The third-order valence-corrected chi connectivity index (χ3v) is 11.1. The lowest BCUT2D eigenvalue weighted by molar-refractivity contribution is 0.523. The van der Waals surface area contributed by atoms with Crippen LogP contribution in [0.15, 0.2) is 44.8 Å². The molecular formula is C19H26N2O4S3. The summed E-state index contributed by atoms with van der Waals surface area (Å²) in [5.74, 6) is 0. The number of rotatable bonds is 6. The molecule has 28 heavy (non-hydrogen) atoms. The number of para-hydroxylation sites is 1. The smallest absolute Gasteiger partial charge is 0.252 e. The fourth-order valence-corrected chi connectivity index (χ4v) is 8.04. The molecule has 1 atom stereocenters. The average Bonchev–Trinajstić information content (AvgIpc) is 3.20. The Hall–Kier alpha value is -1.42. The molecule has 0 aliphatic carbocycles. The van der Waals surface area contributed by atoms with E-state index in [2.05, 4.69) is 4.90 Å². The van der Waals surface area contributed by atoms with Crippen LogP contribution in [0.4, 0.5) is 5.69 Å². The van der Waals surface area contributed by atoms with Crippen molar-refractivity contribution in [3.63, 3.8) is 0 Å². The maximum atomic E-state index is 13.3. The molecular weight excluding hydrogens is 416 g/mol. The molecule has 1 saturated heterocycles. The van der Waals surface area contributed by atoms with Gasteiger partial charge in [-0.25, -0.2) is 21.1 Å². The molecule has 9 heteroatoms. The van der Waals surface area contributed by atoms with E-state index in [9.17, 15) is 16.8 Å². The van der Waals surface area contributed by atoms with Crippen molar-refractivity contribution in [2.45, 2.75) is 39.9 Å². The maximum absolute atomic E-state index is 13.3. The lowest BCUT2D eigenvalue weighted by Crippen LogP contribution is -2.30.